The zero-order chi connectivity index (χ0) is 28.5. The smallest absolute Gasteiger partial charge is 0.304 e. The predicted molar refractivity (Wildman–Crippen MR) is 148 cm³/mol. The van der Waals surface area contributed by atoms with Crippen LogP contribution in [0.25, 0.3) is 0 Å². The van der Waals surface area contributed by atoms with E-state index in [1.165, 1.54) is 23.6 Å². The lowest BCUT2D eigenvalue weighted by Gasteiger charge is -2.26. The molecule has 1 aliphatic rings. The van der Waals surface area contributed by atoms with E-state index in [2.05, 4.69) is 22.3 Å². The van der Waals surface area contributed by atoms with Gasteiger partial charge >= 0.3 is 5.97 Å². The summed E-state index contributed by atoms with van der Waals surface area (Å²) in [5.74, 6) is -2.81. The Kier molecular flexibility index (Phi) is 15.0. The van der Waals surface area contributed by atoms with Crippen molar-refractivity contribution in [3.63, 3.8) is 0 Å². The molecule has 39 heavy (non-hydrogen) atoms. The van der Waals surface area contributed by atoms with E-state index in [0.29, 0.717) is 25.2 Å². The fourth-order valence-corrected chi connectivity index (χ4v) is 5.61. The Morgan fingerprint density at radius 1 is 0.949 bits per heavy atom. The molecule has 4 N–H and O–H groups in total. The number of carbonyl (C=O) groups is 3. The molecule has 1 saturated heterocycles. The largest absolute Gasteiger partial charge is 0.481 e. The van der Waals surface area contributed by atoms with Gasteiger partial charge in [-0.25, -0.2) is 4.72 Å². The van der Waals surface area contributed by atoms with Gasteiger partial charge in [-0.3, -0.25) is 14.4 Å². The summed E-state index contributed by atoms with van der Waals surface area (Å²) < 4.78 is 33.8. The van der Waals surface area contributed by atoms with Crippen LogP contribution in [-0.4, -0.2) is 75.0 Å². The van der Waals surface area contributed by atoms with Gasteiger partial charge in [-0.15, -0.1) is 0 Å². The minimum Gasteiger partial charge on any atom is -0.481 e. The van der Waals surface area contributed by atoms with Crippen molar-refractivity contribution in [3.05, 3.63) is 35.9 Å². The summed E-state index contributed by atoms with van der Waals surface area (Å²) >= 11 is 0. The van der Waals surface area contributed by atoms with Gasteiger partial charge in [0.1, 0.15) is 6.04 Å². The van der Waals surface area contributed by atoms with Crippen LogP contribution < -0.4 is 15.4 Å². The molecule has 1 aromatic carbocycles. The van der Waals surface area contributed by atoms with Gasteiger partial charge in [-0.2, -0.15) is 12.7 Å². The number of carboxylic acid groups (broad SMARTS) is 1. The van der Waals surface area contributed by atoms with Gasteiger partial charge in [-0.05, 0) is 12.0 Å². The number of rotatable bonds is 19. The normalized spacial score (nSPS) is 15.8. The van der Waals surface area contributed by atoms with E-state index in [1.807, 2.05) is 0 Å². The van der Waals surface area contributed by atoms with Crippen LogP contribution in [0.1, 0.15) is 76.3 Å². The van der Waals surface area contributed by atoms with Crippen LogP contribution in [0.3, 0.4) is 0 Å². The molecule has 12 heteroatoms. The second-order valence-corrected chi connectivity index (χ2v) is 11.5. The van der Waals surface area contributed by atoms with Gasteiger partial charge in [-0.1, -0.05) is 82.2 Å². The maximum atomic E-state index is 13.1. The van der Waals surface area contributed by atoms with Crippen LogP contribution in [0.5, 0.6) is 0 Å². The first-order chi connectivity index (χ1) is 18.7. The molecule has 1 aliphatic heterocycles. The highest BCUT2D eigenvalue weighted by Crippen LogP contribution is 2.19. The van der Waals surface area contributed by atoms with Gasteiger partial charge in [0.2, 0.25) is 11.8 Å². The van der Waals surface area contributed by atoms with E-state index in [0.717, 1.165) is 25.7 Å². The summed E-state index contributed by atoms with van der Waals surface area (Å²) in [6.07, 6.45) is 7.51. The van der Waals surface area contributed by atoms with E-state index in [4.69, 9.17) is 4.74 Å². The molecular formula is C27H44N4O7S. The molecule has 0 radical (unpaired) electrons. The number of hydrogen-bond donors (Lipinski definition) is 4. The molecule has 0 unspecified atom stereocenters. The topological polar surface area (TPSA) is 154 Å². The second kappa shape index (κ2) is 17.9. The Bertz CT molecular complexity index is 985. The van der Waals surface area contributed by atoms with Crippen LogP contribution in [0, 0.1) is 5.92 Å². The molecule has 2 atom stereocenters. The van der Waals surface area contributed by atoms with E-state index in [1.54, 1.807) is 30.3 Å². The summed E-state index contributed by atoms with van der Waals surface area (Å²) in [5.41, 5.74) is 0.544. The van der Waals surface area contributed by atoms with Crippen molar-refractivity contribution in [3.8, 4) is 0 Å². The number of aliphatic carboxylic acids is 1. The van der Waals surface area contributed by atoms with Crippen molar-refractivity contribution in [2.24, 2.45) is 5.92 Å². The van der Waals surface area contributed by atoms with Crippen LogP contribution in [-0.2, 0) is 29.3 Å². The fraction of sp³-hybridized carbons (Fsp3) is 0.667. The Balaban J connectivity index is 1.94. The molecule has 0 aromatic heterocycles. The third-order valence-electron chi connectivity index (χ3n) is 6.65. The molecule has 2 rings (SSSR count). The van der Waals surface area contributed by atoms with Gasteiger partial charge in [0, 0.05) is 32.1 Å². The number of amides is 2. The predicted octanol–water partition coefficient (Wildman–Crippen LogP) is 2.36. The molecule has 1 fully saturated rings. The lowest BCUT2D eigenvalue weighted by Crippen LogP contribution is -2.49. The van der Waals surface area contributed by atoms with Gasteiger partial charge in [0.05, 0.1) is 19.6 Å². The molecule has 0 bridgehead atoms. The Labute approximate surface area is 232 Å². The number of morpholine rings is 1. The maximum Gasteiger partial charge on any atom is 0.304 e. The van der Waals surface area contributed by atoms with Crippen LogP contribution in [0.15, 0.2) is 30.3 Å². The highest BCUT2D eigenvalue weighted by Gasteiger charge is 2.28. The first-order valence-corrected chi connectivity index (χ1v) is 15.4. The summed E-state index contributed by atoms with van der Waals surface area (Å²) in [4.78, 5) is 37.7. The summed E-state index contributed by atoms with van der Waals surface area (Å²) in [6.45, 7) is 3.33. The number of nitrogens with zero attached hydrogens (tertiary/aromatic N) is 1. The van der Waals surface area contributed by atoms with Crippen LogP contribution in [0.4, 0.5) is 0 Å². The summed E-state index contributed by atoms with van der Waals surface area (Å²) in [5, 5.41) is 14.8. The van der Waals surface area contributed by atoms with Gasteiger partial charge in [0.25, 0.3) is 10.2 Å². The molecular weight excluding hydrogens is 524 g/mol. The number of benzene rings is 1. The maximum absolute atomic E-state index is 13.1. The Morgan fingerprint density at radius 3 is 2.23 bits per heavy atom. The number of carboxylic acids is 1. The van der Waals surface area contributed by atoms with Crippen molar-refractivity contribution in [2.75, 3.05) is 39.4 Å². The van der Waals surface area contributed by atoms with Crippen molar-refractivity contribution in [1.82, 2.24) is 19.7 Å². The van der Waals surface area contributed by atoms with Crippen molar-refractivity contribution < 1.29 is 32.6 Å². The van der Waals surface area contributed by atoms with E-state index in [9.17, 15) is 27.9 Å². The molecule has 0 aliphatic carbocycles. The zero-order valence-electron chi connectivity index (χ0n) is 22.9. The highest BCUT2D eigenvalue weighted by molar-refractivity contribution is 7.87. The number of nitrogens with one attached hydrogen (secondary N) is 3. The number of unbranched alkanes of at least 4 members (excludes halogenated alkanes) is 6. The highest BCUT2D eigenvalue weighted by atomic mass is 32.2. The number of hydrogen-bond acceptors (Lipinski definition) is 6. The lowest BCUT2D eigenvalue weighted by molar-refractivity contribution is -0.141. The van der Waals surface area contributed by atoms with Crippen LogP contribution in [0.2, 0.25) is 0 Å². The van der Waals surface area contributed by atoms with Gasteiger partial charge < -0.3 is 20.5 Å². The van der Waals surface area contributed by atoms with Gasteiger partial charge in [0.15, 0.2) is 0 Å². The molecule has 0 saturated carbocycles. The summed E-state index contributed by atoms with van der Waals surface area (Å²) in [6, 6.07) is 7.63. The number of ether oxygens (including phenoxy) is 1. The minimum absolute atomic E-state index is 0.0121. The third-order valence-corrected chi connectivity index (χ3v) is 8.26. The molecule has 11 nitrogen and oxygen atoms in total. The SMILES string of the molecule is CCCCCCCCC[C@@H](CC(=O)O)C(=O)N[C@@H](C(=O)NCCNS(=O)(=O)N1CCOCC1)c1ccccc1. The first kappa shape index (κ1) is 32.7. The molecule has 2 amide bonds. The second-order valence-electron chi connectivity index (χ2n) is 9.76. The van der Waals surface area contributed by atoms with E-state index in [-0.39, 0.29) is 32.6 Å². The monoisotopic (exact) mass is 568 g/mol. The molecule has 1 aromatic rings. The Hall–Kier alpha value is -2.54. The molecule has 1 heterocycles. The first-order valence-electron chi connectivity index (χ1n) is 13.9. The third kappa shape index (κ3) is 12.5. The quantitative estimate of drug-likeness (QED) is 0.187. The van der Waals surface area contributed by atoms with Crippen molar-refractivity contribution >= 4 is 28.0 Å². The molecule has 220 valence electrons. The minimum atomic E-state index is -3.69. The van der Waals surface area contributed by atoms with Crippen LogP contribution >= 0.6 is 0 Å². The average molecular weight is 569 g/mol. The van der Waals surface area contributed by atoms with E-state index < -0.39 is 40.0 Å². The fourth-order valence-electron chi connectivity index (χ4n) is 4.44. The average Bonchev–Trinajstić information content (AvgIpc) is 2.93. The number of carbonyl (C=O) groups excluding carboxylic acids is 2. The Morgan fingerprint density at radius 2 is 1.59 bits per heavy atom. The van der Waals surface area contributed by atoms with E-state index >= 15 is 0 Å². The van der Waals surface area contributed by atoms with Crippen molar-refractivity contribution in [1.29, 1.82) is 0 Å². The molecule has 0 spiro atoms. The lowest BCUT2D eigenvalue weighted by atomic mass is 9.95. The summed E-state index contributed by atoms with van der Waals surface area (Å²) in [7, 11) is -3.69. The van der Waals surface area contributed by atoms with Crippen molar-refractivity contribution in [2.45, 2.75) is 70.8 Å². The zero-order valence-corrected chi connectivity index (χ0v) is 23.7. The standard InChI is InChI=1S/C27H44N4O7S/c1-2-3-4-5-6-7-9-14-23(21-24(32)33)26(34)30-25(22-12-10-8-11-13-22)27(35)28-15-16-29-39(36,37)31-17-19-38-20-18-31/h8,10-13,23,25,29H,2-7,9,14-21H2,1H3,(H,28,35)(H,30,34)(H,32,33)/t23-,25+/m0/s1.